The van der Waals surface area contributed by atoms with E-state index < -0.39 is 36.6 Å². The Morgan fingerprint density at radius 1 is 1.52 bits per heavy atom. The molecule has 1 amide bonds. The summed E-state index contributed by atoms with van der Waals surface area (Å²) >= 11 is 0.609. The molecule has 1 aliphatic heterocycles. The van der Waals surface area contributed by atoms with Crippen LogP contribution in [-0.4, -0.2) is 41.2 Å². The van der Waals surface area contributed by atoms with Crippen LogP contribution >= 0.6 is 11.3 Å². The highest BCUT2D eigenvalue weighted by Gasteiger charge is 2.56. The van der Waals surface area contributed by atoms with Crippen molar-refractivity contribution in [2.75, 3.05) is 13.7 Å². The lowest BCUT2D eigenvalue weighted by Gasteiger charge is -2.30. The number of primary sulfonamides is 1. The third kappa shape index (κ3) is 2.91. The van der Waals surface area contributed by atoms with Gasteiger partial charge in [-0.05, 0) is 19.4 Å². The van der Waals surface area contributed by atoms with Crippen molar-refractivity contribution in [3.8, 4) is 0 Å². The van der Waals surface area contributed by atoms with Gasteiger partial charge in [0.25, 0.3) is 0 Å². The second-order valence-electron chi connectivity index (χ2n) is 5.55. The average molecular weight is 382 g/mol. The molecule has 1 aliphatic rings. The van der Waals surface area contributed by atoms with Crippen molar-refractivity contribution in [3.63, 3.8) is 0 Å². The van der Waals surface area contributed by atoms with Gasteiger partial charge in [-0.1, -0.05) is 0 Å². The van der Waals surface area contributed by atoms with E-state index in [1.54, 1.807) is 0 Å². The van der Waals surface area contributed by atoms with Crippen LogP contribution in [0.25, 0.3) is 0 Å². The van der Waals surface area contributed by atoms with Gasteiger partial charge in [0.15, 0.2) is 9.84 Å². The molecule has 0 aromatic carbocycles. The molecular formula is C12H18N2O6S3. The number of carbonyl (C=O) groups is 1. The van der Waals surface area contributed by atoms with Crippen molar-refractivity contribution in [1.82, 2.24) is 5.32 Å². The molecule has 2 rings (SSSR count). The van der Waals surface area contributed by atoms with Crippen molar-refractivity contribution in [3.05, 3.63) is 11.6 Å². The normalized spacial score (nSPS) is 26.0. The molecule has 0 bridgehead atoms. The minimum absolute atomic E-state index is 0.0705. The summed E-state index contributed by atoms with van der Waals surface area (Å²) in [5.41, 5.74) is 0.257. The Balaban J connectivity index is 2.65. The standard InChI is InChI=1S/C12H18N2O6S3/c1-7(15)14-10-8-6-9(23(13,18)19)21-11(8)22(16,17)12(10,2)4-5-20-3/h6,10H,4-5H2,1-3H3,(H,14,15)(H2,13,18,19). The van der Waals surface area contributed by atoms with Crippen LogP contribution in [0.5, 0.6) is 0 Å². The molecule has 2 atom stereocenters. The second-order valence-corrected chi connectivity index (χ2v) is 11.0. The highest BCUT2D eigenvalue weighted by atomic mass is 32.3. The fourth-order valence-corrected chi connectivity index (χ4v) is 7.50. The summed E-state index contributed by atoms with van der Waals surface area (Å²) in [4.78, 5) is 11.5. The number of carbonyl (C=O) groups excluding carboxylic acids is 1. The Bertz CT molecular complexity index is 842. The quantitative estimate of drug-likeness (QED) is 0.745. The Labute approximate surface area is 139 Å². The number of ether oxygens (including phenoxy) is 1. The Morgan fingerprint density at radius 3 is 2.61 bits per heavy atom. The smallest absolute Gasteiger partial charge is 0.247 e. The van der Waals surface area contributed by atoms with Crippen LogP contribution in [0, 0.1) is 0 Å². The number of thiophene rings is 1. The molecule has 2 unspecified atom stereocenters. The lowest BCUT2D eigenvalue weighted by atomic mass is 9.93. The van der Waals surface area contributed by atoms with E-state index in [2.05, 4.69) is 5.32 Å². The van der Waals surface area contributed by atoms with E-state index in [-0.39, 0.29) is 27.0 Å². The molecule has 8 nitrogen and oxygen atoms in total. The molecule has 1 aromatic heterocycles. The number of sulfonamides is 1. The van der Waals surface area contributed by atoms with E-state index in [4.69, 9.17) is 9.88 Å². The van der Waals surface area contributed by atoms with Crippen LogP contribution in [0.1, 0.15) is 31.9 Å². The summed E-state index contributed by atoms with van der Waals surface area (Å²) in [6, 6.07) is 0.368. The van der Waals surface area contributed by atoms with Gasteiger partial charge in [-0.15, -0.1) is 11.3 Å². The fraction of sp³-hybridized carbons (Fsp3) is 0.583. The summed E-state index contributed by atoms with van der Waals surface area (Å²) in [6.07, 6.45) is 0.156. The van der Waals surface area contributed by atoms with E-state index in [9.17, 15) is 21.6 Å². The maximum Gasteiger partial charge on any atom is 0.247 e. The molecule has 2 heterocycles. The van der Waals surface area contributed by atoms with Crippen molar-refractivity contribution < 1.29 is 26.4 Å². The van der Waals surface area contributed by atoms with Crippen LogP contribution in [0.3, 0.4) is 0 Å². The van der Waals surface area contributed by atoms with E-state index in [1.807, 2.05) is 0 Å². The summed E-state index contributed by atoms with van der Waals surface area (Å²) in [5.74, 6) is -0.412. The number of nitrogens with two attached hydrogens (primary N) is 1. The zero-order chi connectivity index (χ0) is 17.6. The first kappa shape index (κ1) is 18.3. The zero-order valence-corrected chi connectivity index (χ0v) is 15.3. The van der Waals surface area contributed by atoms with E-state index in [1.165, 1.54) is 27.0 Å². The number of methoxy groups -OCH3 is 1. The first-order valence-electron chi connectivity index (χ1n) is 6.62. The van der Waals surface area contributed by atoms with Gasteiger partial charge in [0, 0.05) is 26.2 Å². The van der Waals surface area contributed by atoms with Crippen LogP contribution < -0.4 is 10.5 Å². The van der Waals surface area contributed by atoms with Gasteiger partial charge in [-0.3, -0.25) is 4.79 Å². The highest BCUT2D eigenvalue weighted by molar-refractivity contribution is 7.96. The summed E-state index contributed by atoms with van der Waals surface area (Å²) < 4.78 is 52.2. The van der Waals surface area contributed by atoms with Gasteiger partial charge in [-0.2, -0.15) is 0 Å². The number of nitrogens with one attached hydrogen (secondary N) is 1. The van der Waals surface area contributed by atoms with E-state index >= 15 is 0 Å². The summed E-state index contributed by atoms with van der Waals surface area (Å²) in [5, 5.41) is 7.70. The molecule has 0 saturated heterocycles. The number of sulfone groups is 1. The molecule has 130 valence electrons. The van der Waals surface area contributed by atoms with E-state index in [0.29, 0.717) is 11.3 Å². The monoisotopic (exact) mass is 382 g/mol. The Morgan fingerprint density at radius 2 is 2.13 bits per heavy atom. The van der Waals surface area contributed by atoms with Gasteiger partial charge < -0.3 is 10.1 Å². The average Bonchev–Trinajstić information content (AvgIpc) is 2.91. The number of fused-ring (bicyclic) bond motifs is 1. The maximum absolute atomic E-state index is 12.9. The van der Waals surface area contributed by atoms with Crippen molar-refractivity contribution in [2.45, 2.75) is 39.5 Å². The second kappa shape index (κ2) is 5.81. The molecular weight excluding hydrogens is 364 g/mol. The molecule has 23 heavy (non-hydrogen) atoms. The number of hydrogen-bond acceptors (Lipinski definition) is 7. The summed E-state index contributed by atoms with van der Waals surface area (Å²) in [7, 11) is -6.42. The van der Waals surface area contributed by atoms with Gasteiger partial charge in [0.1, 0.15) is 13.2 Å². The largest absolute Gasteiger partial charge is 0.385 e. The van der Waals surface area contributed by atoms with Crippen LogP contribution in [0.4, 0.5) is 0 Å². The molecule has 1 aromatic rings. The van der Waals surface area contributed by atoms with Gasteiger partial charge >= 0.3 is 0 Å². The van der Waals surface area contributed by atoms with Gasteiger partial charge in [0.2, 0.25) is 15.9 Å². The highest BCUT2D eigenvalue weighted by Crippen LogP contribution is 2.52. The molecule has 11 heteroatoms. The lowest BCUT2D eigenvalue weighted by molar-refractivity contribution is -0.120. The predicted molar refractivity (Wildman–Crippen MR) is 84.3 cm³/mol. The first-order valence-corrected chi connectivity index (χ1v) is 10.5. The fourth-order valence-electron chi connectivity index (χ4n) is 2.63. The molecule has 0 saturated carbocycles. The number of hydrogen-bond donors (Lipinski definition) is 2. The minimum atomic E-state index is -4.02. The Kier molecular flexibility index (Phi) is 4.63. The summed E-state index contributed by atoms with van der Waals surface area (Å²) in [6.45, 7) is 2.97. The molecule has 0 aliphatic carbocycles. The van der Waals surface area contributed by atoms with Gasteiger partial charge in [0.05, 0.1) is 6.04 Å². The maximum atomic E-state index is 12.9. The van der Waals surface area contributed by atoms with Crippen molar-refractivity contribution in [2.24, 2.45) is 5.14 Å². The molecule has 0 spiro atoms. The zero-order valence-electron chi connectivity index (χ0n) is 12.8. The minimum Gasteiger partial charge on any atom is -0.385 e. The van der Waals surface area contributed by atoms with Gasteiger partial charge in [-0.25, -0.2) is 22.0 Å². The Hall–Kier alpha value is -1.01. The SMILES string of the molecule is COCCC1(C)C(NC(C)=O)c2cc(S(N)(=O)=O)sc2S1(=O)=O. The number of amides is 1. The van der Waals surface area contributed by atoms with Crippen LogP contribution in [0.15, 0.2) is 14.5 Å². The predicted octanol–water partition coefficient (Wildman–Crippen LogP) is 0.155. The topological polar surface area (TPSA) is 133 Å². The first-order chi connectivity index (χ1) is 10.4. The number of rotatable bonds is 5. The third-order valence-corrected chi connectivity index (χ3v) is 9.58. The van der Waals surface area contributed by atoms with Crippen LogP contribution in [0.2, 0.25) is 0 Å². The molecule has 0 fully saturated rings. The van der Waals surface area contributed by atoms with Crippen molar-refractivity contribution >= 4 is 37.1 Å². The third-order valence-electron chi connectivity index (χ3n) is 3.91. The molecule has 3 N–H and O–H groups in total. The molecule has 0 radical (unpaired) electrons. The lowest BCUT2D eigenvalue weighted by Crippen LogP contribution is -2.45. The van der Waals surface area contributed by atoms with Crippen molar-refractivity contribution in [1.29, 1.82) is 0 Å². The van der Waals surface area contributed by atoms with Crippen LogP contribution in [-0.2, 0) is 29.4 Å². The van der Waals surface area contributed by atoms with E-state index in [0.717, 1.165) is 0 Å².